The highest BCUT2D eigenvalue weighted by Gasteiger charge is 2.31. The Kier molecular flexibility index (Phi) is 2.64. The summed E-state index contributed by atoms with van der Waals surface area (Å²) < 4.78 is 10.6. The van der Waals surface area contributed by atoms with E-state index in [1.165, 1.54) is 5.56 Å². The number of carbonyl (C=O) groups excluding carboxylic acids is 1. The second-order valence-electron chi connectivity index (χ2n) is 5.43. The van der Waals surface area contributed by atoms with Crippen molar-refractivity contribution in [3.05, 3.63) is 53.6 Å². The van der Waals surface area contributed by atoms with Crippen LogP contribution in [0.1, 0.15) is 22.8 Å². The Hall–Kier alpha value is -2.49. The molecule has 1 amide bonds. The monoisotopic (exact) mass is 281 g/mol. The molecule has 2 aromatic carbocycles. The summed E-state index contributed by atoms with van der Waals surface area (Å²) in [5.74, 6) is 1.34. The summed E-state index contributed by atoms with van der Waals surface area (Å²) in [4.78, 5) is 14.7. The summed E-state index contributed by atoms with van der Waals surface area (Å²) in [7, 11) is 0. The maximum Gasteiger partial charge on any atom is 0.258 e. The summed E-state index contributed by atoms with van der Waals surface area (Å²) in [6.07, 6.45) is 0.895. The van der Waals surface area contributed by atoms with Gasteiger partial charge >= 0.3 is 0 Å². The van der Waals surface area contributed by atoms with Crippen molar-refractivity contribution in [3.63, 3.8) is 0 Å². The normalized spacial score (nSPS) is 18.7. The molecule has 0 aliphatic carbocycles. The molecule has 0 saturated carbocycles. The molecule has 2 aliphatic rings. The molecule has 1 atom stereocenters. The van der Waals surface area contributed by atoms with Crippen molar-refractivity contribution in [2.45, 2.75) is 19.4 Å². The highest BCUT2D eigenvalue weighted by atomic mass is 16.7. The minimum absolute atomic E-state index is 0.00532. The molecule has 0 N–H and O–H groups in total. The molecular weight excluding hydrogens is 266 g/mol. The molecule has 2 heterocycles. The van der Waals surface area contributed by atoms with E-state index in [-0.39, 0.29) is 18.7 Å². The van der Waals surface area contributed by atoms with Gasteiger partial charge in [0.25, 0.3) is 5.91 Å². The van der Waals surface area contributed by atoms with Gasteiger partial charge in [0.2, 0.25) is 6.79 Å². The van der Waals surface area contributed by atoms with E-state index in [0.29, 0.717) is 17.1 Å². The molecule has 4 heteroatoms. The van der Waals surface area contributed by atoms with Gasteiger partial charge in [-0.3, -0.25) is 4.79 Å². The minimum atomic E-state index is 0.00532. The number of anilines is 1. The molecule has 4 rings (SSSR count). The lowest BCUT2D eigenvalue weighted by Gasteiger charge is -2.22. The quantitative estimate of drug-likeness (QED) is 0.806. The number of fused-ring (bicyclic) bond motifs is 2. The molecule has 21 heavy (non-hydrogen) atoms. The fourth-order valence-corrected chi connectivity index (χ4v) is 3.04. The molecular formula is C17H15NO3. The molecule has 0 saturated heterocycles. The molecule has 0 fully saturated rings. The minimum Gasteiger partial charge on any atom is -0.454 e. The van der Waals surface area contributed by atoms with Gasteiger partial charge < -0.3 is 14.4 Å². The zero-order valence-corrected chi connectivity index (χ0v) is 11.7. The molecule has 0 radical (unpaired) electrons. The number of hydrogen-bond acceptors (Lipinski definition) is 3. The van der Waals surface area contributed by atoms with Crippen LogP contribution in [-0.2, 0) is 6.42 Å². The van der Waals surface area contributed by atoms with E-state index in [4.69, 9.17) is 9.47 Å². The van der Waals surface area contributed by atoms with Crippen LogP contribution in [0, 0.1) is 0 Å². The number of rotatable bonds is 1. The van der Waals surface area contributed by atoms with Crippen LogP contribution in [0.4, 0.5) is 5.69 Å². The van der Waals surface area contributed by atoms with E-state index in [1.54, 1.807) is 18.2 Å². The van der Waals surface area contributed by atoms with E-state index in [1.807, 2.05) is 23.1 Å². The average Bonchev–Trinajstić information content (AvgIpc) is 3.08. The Morgan fingerprint density at radius 3 is 2.86 bits per heavy atom. The predicted octanol–water partition coefficient (Wildman–Crippen LogP) is 3.01. The lowest BCUT2D eigenvalue weighted by atomic mass is 10.1. The van der Waals surface area contributed by atoms with Gasteiger partial charge in [0.1, 0.15) is 0 Å². The summed E-state index contributed by atoms with van der Waals surface area (Å²) >= 11 is 0. The van der Waals surface area contributed by atoms with Gasteiger partial charge in [-0.05, 0) is 43.2 Å². The van der Waals surface area contributed by atoms with Crippen LogP contribution >= 0.6 is 0 Å². The van der Waals surface area contributed by atoms with Crippen molar-refractivity contribution >= 4 is 11.6 Å². The second kappa shape index (κ2) is 4.52. The van der Waals surface area contributed by atoms with E-state index >= 15 is 0 Å². The van der Waals surface area contributed by atoms with Crippen LogP contribution in [0.2, 0.25) is 0 Å². The summed E-state index contributed by atoms with van der Waals surface area (Å²) in [6.45, 7) is 2.29. The molecule has 106 valence electrons. The largest absolute Gasteiger partial charge is 0.454 e. The maximum absolute atomic E-state index is 12.8. The second-order valence-corrected chi connectivity index (χ2v) is 5.43. The van der Waals surface area contributed by atoms with Gasteiger partial charge in [-0.15, -0.1) is 0 Å². The smallest absolute Gasteiger partial charge is 0.258 e. The molecule has 0 spiro atoms. The van der Waals surface area contributed by atoms with Crippen LogP contribution in [-0.4, -0.2) is 18.7 Å². The van der Waals surface area contributed by atoms with E-state index in [9.17, 15) is 4.79 Å². The van der Waals surface area contributed by atoms with Crippen molar-refractivity contribution in [2.75, 3.05) is 11.7 Å². The van der Waals surface area contributed by atoms with Gasteiger partial charge in [0.05, 0.1) is 0 Å². The summed E-state index contributed by atoms with van der Waals surface area (Å²) in [6, 6.07) is 13.6. The third kappa shape index (κ3) is 1.87. The molecule has 0 unspecified atom stereocenters. The van der Waals surface area contributed by atoms with Gasteiger partial charge in [0.15, 0.2) is 11.5 Å². The molecule has 2 aromatic rings. The van der Waals surface area contributed by atoms with Gasteiger partial charge in [0, 0.05) is 17.3 Å². The topological polar surface area (TPSA) is 38.8 Å². The summed E-state index contributed by atoms with van der Waals surface area (Å²) in [5, 5.41) is 0. The van der Waals surface area contributed by atoms with Crippen molar-refractivity contribution in [2.24, 2.45) is 0 Å². The highest BCUT2D eigenvalue weighted by Crippen LogP contribution is 2.36. The molecule has 0 bridgehead atoms. The van der Waals surface area contributed by atoms with Crippen molar-refractivity contribution in [3.8, 4) is 11.5 Å². The SMILES string of the molecule is C[C@@H]1Cc2ccccc2N1C(=O)c1ccc2c(c1)OCO2. The van der Waals surface area contributed by atoms with Crippen LogP contribution in [0.15, 0.2) is 42.5 Å². The van der Waals surface area contributed by atoms with E-state index < -0.39 is 0 Å². The fourth-order valence-electron chi connectivity index (χ4n) is 3.04. The first-order chi connectivity index (χ1) is 10.2. The molecule has 0 aromatic heterocycles. The van der Waals surface area contributed by atoms with Crippen molar-refractivity contribution in [1.29, 1.82) is 0 Å². The number of amides is 1. The van der Waals surface area contributed by atoms with Gasteiger partial charge in [-0.2, -0.15) is 0 Å². The first-order valence-corrected chi connectivity index (χ1v) is 7.05. The lowest BCUT2D eigenvalue weighted by Crippen LogP contribution is -2.35. The van der Waals surface area contributed by atoms with Crippen LogP contribution < -0.4 is 14.4 Å². The Labute approximate surface area is 122 Å². The zero-order valence-electron chi connectivity index (χ0n) is 11.7. The standard InChI is InChI=1S/C17H15NO3/c1-11-8-12-4-2-3-5-14(12)18(11)17(19)13-6-7-15-16(9-13)21-10-20-15/h2-7,9,11H,8,10H2,1H3/t11-/m1/s1. The number of ether oxygens (including phenoxy) is 2. The first kappa shape index (κ1) is 12.3. The number of para-hydroxylation sites is 1. The number of benzene rings is 2. The lowest BCUT2D eigenvalue weighted by molar-refractivity contribution is 0.0981. The number of nitrogens with zero attached hydrogens (tertiary/aromatic N) is 1. The Balaban J connectivity index is 1.72. The first-order valence-electron chi connectivity index (χ1n) is 7.05. The van der Waals surface area contributed by atoms with Crippen LogP contribution in [0.3, 0.4) is 0 Å². The predicted molar refractivity (Wildman–Crippen MR) is 79.0 cm³/mol. The molecule has 4 nitrogen and oxygen atoms in total. The third-order valence-corrected chi connectivity index (χ3v) is 4.05. The Morgan fingerprint density at radius 1 is 1.14 bits per heavy atom. The fraction of sp³-hybridized carbons (Fsp3) is 0.235. The Bertz CT molecular complexity index is 726. The van der Waals surface area contributed by atoms with E-state index in [2.05, 4.69) is 13.0 Å². The summed E-state index contributed by atoms with van der Waals surface area (Å²) in [5.41, 5.74) is 2.86. The number of hydrogen-bond donors (Lipinski definition) is 0. The highest BCUT2D eigenvalue weighted by molar-refractivity contribution is 6.08. The van der Waals surface area contributed by atoms with Gasteiger partial charge in [-0.1, -0.05) is 18.2 Å². The van der Waals surface area contributed by atoms with Crippen molar-refractivity contribution < 1.29 is 14.3 Å². The van der Waals surface area contributed by atoms with E-state index in [0.717, 1.165) is 12.1 Å². The Morgan fingerprint density at radius 2 is 1.95 bits per heavy atom. The molecule has 2 aliphatic heterocycles. The zero-order chi connectivity index (χ0) is 14.4. The van der Waals surface area contributed by atoms with Crippen molar-refractivity contribution in [1.82, 2.24) is 0 Å². The maximum atomic E-state index is 12.8. The van der Waals surface area contributed by atoms with Crippen LogP contribution in [0.25, 0.3) is 0 Å². The third-order valence-electron chi connectivity index (χ3n) is 4.05. The number of carbonyl (C=O) groups is 1. The average molecular weight is 281 g/mol. The van der Waals surface area contributed by atoms with Crippen LogP contribution in [0.5, 0.6) is 11.5 Å². The van der Waals surface area contributed by atoms with Gasteiger partial charge in [-0.25, -0.2) is 0 Å².